The summed E-state index contributed by atoms with van der Waals surface area (Å²) in [5.41, 5.74) is 6.16. The Bertz CT molecular complexity index is 865. The molecule has 2 aliphatic carbocycles. The average molecular weight is 368 g/mol. The van der Waals surface area contributed by atoms with E-state index < -0.39 is 10.0 Å². The van der Waals surface area contributed by atoms with Gasteiger partial charge in [0.25, 0.3) is 5.91 Å². The van der Waals surface area contributed by atoms with E-state index in [1.165, 1.54) is 43.0 Å². The number of nitrogens with zero attached hydrogens (tertiary/aromatic N) is 1. The third-order valence-electron chi connectivity index (χ3n) is 5.33. The Hall–Kier alpha value is -1.41. The second-order valence-electron chi connectivity index (χ2n) is 6.75. The number of amides is 1. The van der Waals surface area contributed by atoms with E-state index in [1.807, 2.05) is 5.01 Å². The van der Waals surface area contributed by atoms with Crippen LogP contribution in [0.4, 0.5) is 0 Å². The van der Waals surface area contributed by atoms with E-state index in [9.17, 15) is 13.2 Å². The average Bonchev–Trinajstić information content (AvgIpc) is 3.18. The molecule has 1 saturated carbocycles. The van der Waals surface area contributed by atoms with Crippen LogP contribution in [0.15, 0.2) is 34.2 Å². The lowest BCUT2D eigenvalue weighted by Gasteiger charge is -2.19. The number of nitrogens with one attached hydrogen (secondary N) is 1. The minimum atomic E-state index is -3.97. The highest BCUT2D eigenvalue weighted by atomic mass is 35.5. The number of rotatable bonds is 3. The van der Waals surface area contributed by atoms with Crippen LogP contribution in [0.25, 0.3) is 0 Å². The Morgan fingerprint density at radius 2 is 2.17 bits per heavy atom. The molecule has 2 bridgehead atoms. The van der Waals surface area contributed by atoms with Gasteiger partial charge in [0.15, 0.2) is 0 Å². The van der Waals surface area contributed by atoms with Gasteiger partial charge in [-0.25, -0.2) is 18.6 Å². The largest absolute Gasteiger partial charge is 0.284 e. The summed E-state index contributed by atoms with van der Waals surface area (Å²) >= 11 is 5.85. The van der Waals surface area contributed by atoms with Crippen molar-refractivity contribution < 1.29 is 13.2 Å². The molecule has 0 radical (unpaired) electrons. The Morgan fingerprint density at radius 1 is 1.38 bits per heavy atom. The van der Waals surface area contributed by atoms with Gasteiger partial charge in [0, 0.05) is 18.7 Å². The zero-order chi connectivity index (χ0) is 17.1. The molecule has 1 aromatic carbocycles. The third kappa shape index (κ3) is 2.65. The molecule has 3 aliphatic rings. The van der Waals surface area contributed by atoms with E-state index in [-0.39, 0.29) is 21.4 Å². The van der Waals surface area contributed by atoms with Gasteiger partial charge < -0.3 is 0 Å². The van der Waals surface area contributed by atoms with Crippen molar-refractivity contribution in [1.82, 2.24) is 10.4 Å². The normalized spacial score (nSPS) is 26.1. The number of nitrogens with two attached hydrogens (primary N) is 1. The van der Waals surface area contributed by atoms with Crippen LogP contribution < -0.4 is 10.6 Å². The summed E-state index contributed by atoms with van der Waals surface area (Å²) in [5.74, 6) is 0.954. The monoisotopic (exact) mass is 367 g/mol. The van der Waals surface area contributed by atoms with Gasteiger partial charge in [-0.3, -0.25) is 10.2 Å². The summed E-state index contributed by atoms with van der Waals surface area (Å²) in [4.78, 5) is 12.2. The van der Waals surface area contributed by atoms with Crippen molar-refractivity contribution in [3.63, 3.8) is 0 Å². The molecule has 1 amide bonds. The van der Waals surface area contributed by atoms with Crippen molar-refractivity contribution in [2.45, 2.75) is 24.2 Å². The minimum Gasteiger partial charge on any atom is -0.284 e. The molecule has 6 nitrogen and oxygen atoms in total. The first-order chi connectivity index (χ1) is 11.3. The summed E-state index contributed by atoms with van der Waals surface area (Å²) in [7, 11) is -3.97. The molecular weight excluding hydrogens is 350 g/mol. The summed E-state index contributed by atoms with van der Waals surface area (Å²) in [6, 6.07) is 4.09. The van der Waals surface area contributed by atoms with Gasteiger partial charge >= 0.3 is 0 Å². The summed E-state index contributed by atoms with van der Waals surface area (Å²) < 4.78 is 23.1. The van der Waals surface area contributed by atoms with Crippen molar-refractivity contribution in [3.8, 4) is 0 Å². The van der Waals surface area contributed by atoms with Crippen molar-refractivity contribution in [3.05, 3.63) is 39.9 Å². The number of allylic oxidation sites excluding steroid dienone is 1. The Morgan fingerprint density at radius 3 is 2.88 bits per heavy atom. The SMILES string of the molecule is NS(=O)(=O)c1cc(C(=O)NN2CC3=C4CCC(C4)C3C2)ccc1Cl. The molecule has 128 valence electrons. The standard InChI is InChI=1S/C16H18ClN3O3S/c17-14-4-3-11(6-15(14)24(18,22)23)16(21)19-20-7-12-9-1-2-10(5-9)13(12)8-20/h3-4,6,9,12H,1-2,5,7-8H2,(H,19,21)(H2,18,22,23). The first kappa shape index (κ1) is 16.1. The molecule has 24 heavy (non-hydrogen) atoms. The molecule has 1 saturated heterocycles. The molecule has 2 atom stereocenters. The van der Waals surface area contributed by atoms with Crippen LogP contribution in [0.3, 0.4) is 0 Å². The molecule has 0 aromatic heterocycles. The molecule has 1 aromatic rings. The molecule has 0 spiro atoms. The van der Waals surface area contributed by atoms with Crippen molar-refractivity contribution in [2.75, 3.05) is 13.1 Å². The summed E-state index contributed by atoms with van der Waals surface area (Å²) in [6.07, 6.45) is 3.70. The lowest BCUT2D eigenvalue weighted by molar-refractivity contribution is 0.0816. The van der Waals surface area contributed by atoms with Crippen LogP contribution >= 0.6 is 11.6 Å². The van der Waals surface area contributed by atoms with Crippen molar-refractivity contribution in [1.29, 1.82) is 0 Å². The second kappa shape index (κ2) is 5.56. The van der Waals surface area contributed by atoms with E-state index >= 15 is 0 Å². The highest BCUT2D eigenvalue weighted by molar-refractivity contribution is 7.89. The number of halogens is 1. The van der Waals surface area contributed by atoms with Gasteiger partial charge in [-0.1, -0.05) is 22.7 Å². The molecule has 1 heterocycles. The third-order valence-corrected chi connectivity index (χ3v) is 6.73. The quantitative estimate of drug-likeness (QED) is 0.795. The molecular formula is C16H18ClN3O3S. The van der Waals surface area contributed by atoms with Gasteiger partial charge in [-0.2, -0.15) is 0 Å². The van der Waals surface area contributed by atoms with Crippen LogP contribution in [0, 0.1) is 11.8 Å². The smallest absolute Gasteiger partial charge is 0.265 e. The lowest BCUT2D eigenvalue weighted by Crippen LogP contribution is -2.41. The zero-order valence-electron chi connectivity index (χ0n) is 13.0. The van der Waals surface area contributed by atoms with Gasteiger partial charge in [-0.15, -0.1) is 0 Å². The zero-order valence-corrected chi connectivity index (χ0v) is 14.5. The second-order valence-corrected chi connectivity index (χ2v) is 8.69. The van der Waals surface area contributed by atoms with Crippen LogP contribution in [0.1, 0.15) is 29.6 Å². The van der Waals surface area contributed by atoms with E-state index in [2.05, 4.69) is 5.43 Å². The minimum absolute atomic E-state index is 0.00767. The number of carbonyl (C=O) groups excluding carboxylic acids is 1. The number of hydrazine groups is 1. The van der Waals surface area contributed by atoms with Gasteiger partial charge in [0.05, 0.1) is 5.02 Å². The van der Waals surface area contributed by atoms with Crippen LogP contribution in [0.5, 0.6) is 0 Å². The number of fused-ring (bicyclic) bond motifs is 4. The molecule has 8 heteroatoms. The highest BCUT2D eigenvalue weighted by Crippen LogP contribution is 2.50. The first-order valence-corrected chi connectivity index (χ1v) is 9.84. The maximum absolute atomic E-state index is 12.4. The predicted molar refractivity (Wildman–Crippen MR) is 89.7 cm³/mol. The van der Waals surface area contributed by atoms with Crippen molar-refractivity contribution in [2.24, 2.45) is 17.0 Å². The summed E-state index contributed by atoms with van der Waals surface area (Å²) in [6.45, 7) is 1.59. The topological polar surface area (TPSA) is 92.5 Å². The van der Waals surface area contributed by atoms with E-state index in [4.69, 9.17) is 16.7 Å². The number of primary sulfonamides is 1. The fraction of sp³-hybridized carbons (Fsp3) is 0.438. The molecule has 2 fully saturated rings. The number of hydrogen-bond acceptors (Lipinski definition) is 4. The fourth-order valence-electron chi connectivity index (χ4n) is 4.21. The van der Waals surface area contributed by atoms with Gasteiger partial charge in [0.1, 0.15) is 4.90 Å². The molecule has 3 N–H and O–H groups in total. The number of sulfonamides is 1. The van der Waals surface area contributed by atoms with E-state index in [0.29, 0.717) is 5.92 Å². The number of carbonyl (C=O) groups is 1. The van der Waals surface area contributed by atoms with Crippen LogP contribution in [-0.2, 0) is 10.0 Å². The Balaban J connectivity index is 1.51. The highest BCUT2D eigenvalue weighted by Gasteiger charge is 2.44. The van der Waals surface area contributed by atoms with Gasteiger partial charge in [0.2, 0.25) is 10.0 Å². The molecule has 2 unspecified atom stereocenters. The number of hydrogen-bond donors (Lipinski definition) is 2. The first-order valence-electron chi connectivity index (χ1n) is 7.92. The summed E-state index contributed by atoms with van der Waals surface area (Å²) in [5, 5.41) is 7.06. The van der Waals surface area contributed by atoms with Crippen LogP contribution in [-0.4, -0.2) is 32.4 Å². The van der Waals surface area contributed by atoms with E-state index in [0.717, 1.165) is 19.0 Å². The fourth-order valence-corrected chi connectivity index (χ4v) is 5.29. The maximum Gasteiger partial charge on any atom is 0.265 e. The predicted octanol–water partition coefficient (Wildman–Crippen LogP) is 1.67. The Kier molecular flexibility index (Phi) is 3.72. The maximum atomic E-state index is 12.4. The number of benzene rings is 1. The molecule has 4 rings (SSSR count). The van der Waals surface area contributed by atoms with E-state index in [1.54, 1.807) is 5.57 Å². The van der Waals surface area contributed by atoms with Crippen LogP contribution in [0.2, 0.25) is 5.02 Å². The van der Waals surface area contributed by atoms with Gasteiger partial charge in [-0.05, 0) is 49.3 Å². The van der Waals surface area contributed by atoms with Crippen molar-refractivity contribution >= 4 is 27.5 Å². The molecule has 1 aliphatic heterocycles. The Labute approximate surface area is 145 Å². The lowest BCUT2D eigenvalue weighted by atomic mass is 9.89.